The lowest BCUT2D eigenvalue weighted by Crippen LogP contribution is -2.61. The second-order valence-electron chi connectivity index (χ2n) is 8.45. The van der Waals surface area contributed by atoms with Gasteiger partial charge in [0.15, 0.2) is 0 Å². The van der Waals surface area contributed by atoms with Crippen molar-refractivity contribution in [2.45, 2.75) is 31.3 Å². The number of carbonyl (C=O) groups is 4. The number of carbonyl (C=O) groups excluding carboxylic acids is 3. The zero-order valence-electron chi connectivity index (χ0n) is 20.8. The Balaban J connectivity index is 2.19. The van der Waals surface area contributed by atoms with Gasteiger partial charge in [-0.3, -0.25) is 25.2 Å². The summed E-state index contributed by atoms with van der Waals surface area (Å²) in [6.45, 7) is -0.301. The average molecular weight is 526 g/mol. The van der Waals surface area contributed by atoms with Gasteiger partial charge in [0.2, 0.25) is 11.8 Å². The van der Waals surface area contributed by atoms with Crippen LogP contribution in [0.5, 0.6) is 0 Å². The summed E-state index contributed by atoms with van der Waals surface area (Å²) in [6, 6.07) is 13.1. The van der Waals surface area contributed by atoms with Crippen molar-refractivity contribution in [3.05, 3.63) is 70.8 Å². The van der Waals surface area contributed by atoms with E-state index in [-0.39, 0.29) is 31.1 Å². The number of nitrogen functional groups attached to an aromatic ring is 2. The van der Waals surface area contributed by atoms with Gasteiger partial charge in [-0.05, 0) is 23.6 Å². The van der Waals surface area contributed by atoms with Gasteiger partial charge < -0.3 is 37.3 Å². The smallest absolute Gasteiger partial charge is 0.407 e. The minimum atomic E-state index is -1.79. The number of benzene rings is 2. The van der Waals surface area contributed by atoms with Gasteiger partial charge in [-0.15, -0.1) is 0 Å². The standard InChI is InChI=1S/C25H31N7O6/c1-38-24(37)32-25(10-9-20(34)35,12-16-3-2-4-18(11-16)22(28)29)23(36)31-14-19(33)30-13-15-5-7-17(8-6-15)21(26)27/h2-8,11H,9-10,12-14H2,1H3,(H3,26,27)(H3,28,29)(H,30,33)(H,31,36)(H,32,37)(H,34,35)/t25-/m1/s1. The van der Waals surface area contributed by atoms with Crippen molar-refractivity contribution < 1.29 is 29.0 Å². The number of carboxylic acids is 1. The largest absolute Gasteiger partial charge is 0.481 e. The fraction of sp³-hybridized carbons (Fsp3) is 0.280. The second-order valence-corrected chi connectivity index (χ2v) is 8.45. The first kappa shape index (κ1) is 29.3. The van der Waals surface area contributed by atoms with E-state index in [2.05, 4.69) is 20.7 Å². The first-order chi connectivity index (χ1) is 18.0. The molecule has 38 heavy (non-hydrogen) atoms. The van der Waals surface area contributed by atoms with E-state index in [4.69, 9.17) is 22.3 Å². The van der Waals surface area contributed by atoms with Crippen LogP contribution in [0.2, 0.25) is 0 Å². The lowest BCUT2D eigenvalue weighted by Gasteiger charge is -2.33. The minimum absolute atomic E-state index is 0.0803. The third-order valence-corrected chi connectivity index (χ3v) is 5.64. The van der Waals surface area contributed by atoms with Crippen molar-refractivity contribution in [3.63, 3.8) is 0 Å². The highest BCUT2D eigenvalue weighted by Gasteiger charge is 2.41. The van der Waals surface area contributed by atoms with Crippen molar-refractivity contribution >= 4 is 35.5 Å². The first-order valence-electron chi connectivity index (χ1n) is 11.5. The van der Waals surface area contributed by atoms with Crippen LogP contribution in [0.15, 0.2) is 48.5 Å². The summed E-state index contributed by atoms with van der Waals surface area (Å²) in [7, 11) is 1.10. The van der Waals surface area contributed by atoms with Crippen LogP contribution >= 0.6 is 0 Å². The van der Waals surface area contributed by atoms with Crippen molar-refractivity contribution in [2.24, 2.45) is 11.5 Å². The Kier molecular flexibility index (Phi) is 10.3. The number of nitrogens with two attached hydrogens (primary N) is 2. The summed E-state index contributed by atoms with van der Waals surface area (Å²) in [4.78, 5) is 49.4. The topological polar surface area (TPSA) is 234 Å². The lowest BCUT2D eigenvalue weighted by atomic mass is 9.84. The molecule has 2 aromatic rings. The van der Waals surface area contributed by atoms with Gasteiger partial charge in [0, 0.05) is 30.5 Å². The van der Waals surface area contributed by atoms with Crippen LogP contribution in [-0.2, 0) is 32.1 Å². The lowest BCUT2D eigenvalue weighted by molar-refractivity contribution is -0.138. The number of methoxy groups -OCH3 is 1. The monoisotopic (exact) mass is 525 g/mol. The highest BCUT2D eigenvalue weighted by Crippen LogP contribution is 2.22. The second kappa shape index (κ2) is 13.4. The van der Waals surface area contributed by atoms with Crippen LogP contribution in [0.25, 0.3) is 0 Å². The fourth-order valence-electron chi connectivity index (χ4n) is 3.60. The van der Waals surface area contributed by atoms with E-state index in [1.807, 2.05) is 0 Å². The highest BCUT2D eigenvalue weighted by molar-refractivity contribution is 5.96. The molecule has 0 bridgehead atoms. The first-order valence-corrected chi connectivity index (χ1v) is 11.5. The van der Waals surface area contributed by atoms with E-state index >= 15 is 0 Å². The third-order valence-electron chi connectivity index (χ3n) is 5.64. The van der Waals surface area contributed by atoms with E-state index in [0.717, 1.165) is 12.7 Å². The van der Waals surface area contributed by atoms with Gasteiger partial charge in [0.05, 0.1) is 13.7 Å². The number of rotatable bonds is 13. The van der Waals surface area contributed by atoms with Crippen LogP contribution in [-0.4, -0.2) is 59.8 Å². The summed E-state index contributed by atoms with van der Waals surface area (Å²) in [6.07, 6.45) is -1.90. The van der Waals surface area contributed by atoms with Crippen LogP contribution in [0.4, 0.5) is 4.79 Å². The molecule has 0 aliphatic carbocycles. The summed E-state index contributed by atoms with van der Waals surface area (Å²) in [5.74, 6) is -2.81. The number of amidine groups is 2. The molecule has 0 aromatic heterocycles. The summed E-state index contributed by atoms with van der Waals surface area (Å²) >= 11 is 0. The number of amides is 3. The Labute approximate surface area is 218 Å². The third kappa shape index (κ3) is 8.62. The fourth-order valence-corrected chi connectivity index (χ4v) is 3.60. The molecule has 10 N–H and O–H groups in total. The van der Waals surface area contributed by atoms with Crippen LogP contribution in [0.1, 0.15) is 35.1 Å². The van der Waals surface area contributed by atoms with Crippen molar-refractivity contribution in [3.8, 4) is 0 Å². The molecule has 0 spiro atoms. The highest BCUT2D eigenvalue weighted by atomic mass is 16.5. The molecule has 1 atom stereocenters. The van der Waals surface area contributed by atoms with Gasteiger partial charge in [-0.1, -0.05) is 42.5 Å². The Morgan fingerprint density at radius 3 is 2.18 bits per heavy atom. The summed E-state index contributed by atoms with van der Waals surface area (Å²) < 4.78 is 4.67. The molecule has 13 nitrogen and oxygen atoms in total. The predicted octanol–water partition coefficient (Wildman–Crippen LogP) is 0.189. The Bertz CT molecular complexity index is 1210. The molecule has 0 radical (unpaired) electrons. The van der Waals surface area contributed by atoms with Gasteiger partial charge in [-0.2, -0.15) is 0 Å². The number of aliphatic carboxylic acids is 1. The van der Waals surface area contributed by atoms with Gasteiger partial charge in [0.1, 0.15) is 17.2 Å². The molecule has 2 rings (SSSR count). The maximum atomic E-state index is 13.4. The van der Waals surface area contributed by atoms with Gasteiger partial charge in [-0.25, -0.2) is 4.79 Å². The number of alkyl carbamates (subject to hydrolysis) is 1. The maximum Gasteiger partial charge on any atom is 0.407 e. The van der Waals surface area contributed by atoms with E-state index in [0.29, 0.717) is 16.7 Å². The molecular formula is C25H31N7O6. The Morgan fingerprint density at radius 1 is 0.947 bits per heavy atom. The maximum absolute atomic E-state index is 13.4. The number of ether oxygens (including phenoxy) is 1. The Hall–Kier alpha value is -4.94. The van der Waals surface area contributed by atoms with Crippen molar-refractivity contribution in [1.82, 2.24) is 16.0 Å². The van der Waals surface area contributed by atoms with Crippen molar-refractivity contribution in [2.75, 3.05) is 13.7 Å². The van der Waals surface area contributed by atoms with E-state index < -0.39 is 42.4 Å². The van der Waals surface area contributed by atoms with Crippen LogP contribution in [0.3, 0.4) is 0 Å². The molecule has 0 unspecified atom stereocenters. The molecule has 0 heterocycles. The normalized spacial score (nSPS) is 11.9. The molecule has 3 amide bonds. The number of carboxylic acid groups (broad SMARTS) is 1. The van der Waals surface area contributed by atoms with Crippen LogP contribution in [0, 0.1) is 10.8 Å². The molecule has 0 saturated heterocycles. The van der Waals surface area contributed by atoms with Crippen molar-refractivity contribution in [1.29, 1.82) is 10.8 Å². The molecule has 202 valence electrons. The van der Waals surface area contributed by atoms with Gasteiger partial charge >= 0.3 is 12.1 Å². The van der Waals surface area contributed by atoms with Crippen LogP contribution < -0.4 is 27.4 Å². The molecule has 0 aliphatic rings. The van der Waals surface area contributed by atoms with E-state index in [9.17, 15) is 24.3 Å². The number of hydrogen-bond donors (Lipinski definition) is 8. The number of hydrogen-bond acceptors (Lipinski definition) is 7. The molecule has 13 heteroatoms. The average Bonchev–Trinajstić information content (AvgIpc) is 2.89. The van der Waals surface area contributed by atoms with E-state index in [1.165, 1.54) is 0 Å². The zero-order valence-corrected chi connectivity index (χ0v) is 20.8. The molecule has 0 aliphatic heterocycles. The molecule has 0 saturated carbocycles. The SMILES string of the molecule is COC(=O)N[C@](CCC(=O)O)(Cc1cccc(C(=N)N)c1)C(=O)NCC(=O)NCc1ccc(C(=N)N)cc1. The summed E-state index contributed by atoms with van der Waals surface area (Å²) in [5.41, 5.74) is 11.3. The minimum Gasteiger partial charge on any atom is -0.481 e. The molecule has 2 aromatic carbocycles. The Morgan fingerprint density at radius 2 is 1.61 bits per heavy atom. The zero-order chi connectivity index (χ0) is 28.3. The summed E-state index contributed by atoms with van der Waals surface area (Å²) in [5, 5.41) is 31.9. The molecular weight excluding hydrogens is 494 g/mol. The number of nitrogens with one attached hydrogen (secondary N) is 5. The predicted molar refractivity (Wildman–Crippen MR) is 139 cm³/mol. The quantitative estimate of drug-likeness (QED) is 0.132. The molecule has 0 fully saturated rings. The van der Waals surface area contributed by atoms with Gasteiger partial charge in [0.25, 0.3) is 0 Å². The van der Waals surface area contributed by atoms with E-state index in [1.54, 1.807) is 48.5 Å².